The van der Waals surface area contributed by atoms with E-state index in [9.17, 15) is 9.59 Å². The second kappa shape index (κ2) is 8.08. The normalized spacial score (nSPS) is 23.4. The van der Waals surface area contributed by atoms with Crippen molar-refractivity contribution in [1.82, 2.24) is 10.6 Å². The summed E-state index contributed by atoms with van der Waals surface area (Å²) in [6, 6.07) is 0.155. The van der Waals surface area contributed by atoms with Gasteiger partial charge in [-0.1, -0.05) is 13.3 Å². The molecule has 0 aromatic carbocycles. The van der Waals surface area contributed by atoms with Crippen molar-refractivity contribution in [3.63, 3.8) is 0 Å². The molecule has 5 nitrogen and oxygen atoms in total. The minimum atomic E-state index is -0.00232. The summed E-state index contributed by atoms with van der Waals surface area (Å²) in [5.74, 6) is 0.0818. The Morgan fingerprint density at radius 2 is 2.00 bits per heavy atom. The SMILES string of the molecule is CCCNC(=O)CCNC(=O)C1CCCC(N)C1. The van der Waals surface area contributed by atoms with Crippen molar-refractivity contribution in [3.8, 4) is 0 Å². The zero-order chi connectivity index (χ0) is 13.4. The van der Waals surface area contributed by atoms with Crippen LogP contribution in [-0.4, -0.2) is 30.9 Å². The number of rotatable bonds is 6. The fourth-order valence-corrected chi connectivity index (χ4v) is 2.26. The molecule has 0 saturated heterocycles. The van der Waals surface area contributed by atoms with Gasteiger partial charge in [0, 0.05) is 31.5 Å². The molecule has 0 aliphatic heterocycles. The first-order chi connectivity index (χ1) is 8.63. The zero-order valence-corrected chi connectivity index (χ0v) is 11.2. The average molecular weight is 255 g/mol. The largest absolute Gasteiger partial charge is 0.356 e. The van der Waals surface area contributed by atoms with Gasteiger partial charge in [0.2, 0.25) is 11.8 Å². The van der Waals surface area contributed by atoms with Crippen LogP contribution in [0.25, 0.3) is 0 Å². The standard InChI is InChI=1S/C13H25N3O2/c1-2-7-15-12(17)6-8-16-13(18)10-4-3-5-11(14)9-10/h10-11H,2-9,14H2,1H3,(H,15,17)(H,16,18). The van der Waals surface area contributed by atoms with Gasteiger partial charge in [-0.15, -0.1) is 0 Å². The van der Waals surface area contributed by atoms with Gasteiger partial charge in [-0.3, -0.25) is 9.59 Å². The monoisotopic (exact) mass is 255 g/mol. The molecule has 1 rings (SSSR count). The Bertz CT molecular complexity index is 281. The lowest BCUT2D eigenvalue weighted by Crippen LogP contribution is -2.39. The molecule has 2 amide bonds. The maximum Gasteiger partial charge on any atom is 0.223 e. The minimum absolute atomic E-state index is 0.00232. The third-order valence-electron chi connectivity index (χ3n) is 3.31. The van der Waals surface area contributed by atoms with Crippen LogP contribution in [0.3, 0.4) is 0 Å². The smallest absolute Gasteiger partial charge is 0.223 e. The van der Waals surface area contributed by atoms with Gasteiger partial charge in [0.15, 0.2) is 0 Å². The zero-order valence-electron chi connectivity index (χ0n) is 11.2. The molecule has 2 unspecified atom stereocenters. The number of hydrogen-bond acceptors (Lipinski definition) is 3. The molecule has 1 fully saturated rings. The van der Waals surface area contributed by atoms with Gasteiger partial charge in [0.1, 0.15) is 0 Å². The van der Waals surface area contributed by atoms with Crippen LogP contribution in [0.5, 0.6) is 0 Å². The van der Waals surface area contributed by atoms with Crippen LogP contribution in [0.4, 0.5) is 0 Å². The number of nitrogens with one attached hydrogen (secondary N) is 2. The van der Waals surface area contributed by atoms with Gasteiger partial charge < -0.3 is 16.4 Å². The van der Waals surface area contributed by atoms with Crippen molar-refractivity contribution >= 4 is 11.8 Å². The summed E-state index contributed by atoms with van der Waals surface area (Å²) in [7, 11) is 0. The number of carbonyl (C=O) groups excluding carboxylic acids is 2. The maximum atomic E-state index is 11.8. The van der Waals surface area contributed by atoms with E-state index in [4.69, 9.17) is 5.73 Å². The van der Waals surface area contributed by atoms with Crippen molar-refractivity contribution in [3.05, 3.63) is 0 Å². The molecule has 0 bridgehead atoms. The number of amides is 2. The van der Waals surface area contributed by atoms with Crippen LogP contribution >= 0.6 is 0 Å². The Morgan fingerprint density at radius 3 is 2.67 bits per heavy atom. The van der Waals surface area contributed by atoms with E-state index in [1.54, 1.807) is 0 Å². The van der Waals surface area contributed by atoms with Crippen LogP contribution < -0.4 is 16.4 Å². The van der Waals surface area contributed by atoms with E-state index in [0.29, 0.717) is 19.5 Å². The topological polar surface area (TPSA) is 84.2 Å². The predicted molar refractivity (Wildman–Crippen MR) is 70.9 cm³/mol. The van der Waals surface area contributed by atoms with E-state index in [1.165, 1.54) is 0 Å². The molecule has 5 heteroatoms. The predicted octanol–water partition coefficient (Wildman–Crippen LogP) is 0.536. The van der Waals surface area contributed by atoms with E-state index in [0.717, 1.165) is 32.1 Å². The molecule has 0 spiro atoms. The molecule has 2 atom stereocenters. The van der Waals surface area contributed by atoms with Crippen LogP contribution in [0.2, 0.25) is 0 Å². The molecule has 1 aliphatic carbocycles. The lowest BCUT2D eigenvalue weighted by Gasteiger charge is -2.25. The highest BCUT2D eigenvalue weighted by Crippen LogP contribution is 2.22. The van der Waals surface area contributed by atoms with E-state index < -0.39 is 0 Å². The van der Waals surface area contributed by atoms with E-state index in [-0.39, 0.29) is 23.8 Å². The van der Waals surface area contributed by atoms with Crippen LogP contribution in [0.1, 0.15) is 45.4 Å². The van der Waals surface area contributed by atoms with E-state index >= 15 is 0 Å². The van der Waals surface area contributed by atoms with Gasteiger partial charge in [-0.25, -0.2) is 0 Å². The summed E-state index contributed by atoms with van der Waals surface area (Å²) in [4.78, 5) is 23.2. The Labute approximate surface area is 109 Å². The Kier molecular flexibility index (Phi) is 6.72. The molecular weight excluding hydrogens is 230 g/mol. The summed E-state index contributed by atoms with van der Waals surface area (Å²) >= 11 is 0. The molecule has 4 N–H and O–H groups in total. The van der Waals surface area contributed by atoms with Crippen molar-refractivity contribution in [2.45, 2.75) is 51.5 Å². The number of nitrogens with two attached hydrogens (primary N) is 1. The van der Waals surface area contributed by atoms with Gasteiger partial charge in [-0.2, -0.15) is 0 Å². The van der Waals surface area contributed by atoms with Crippen LogP contribution in [0, 0.1) is 5.92 Å². The van der Waals surface area contributed by atoms with Gasteiger partial charge >= 0.3 is 0 Å². The van der Waals surface area contributed by atoms with Crippen molar-refractivity contribution in [1.29, 1.82) is 0 Å². The second-order valence-corrected chi connectivity index (χ2v) is 5.01. The Balaban J connectivity index is 2.14. The quantitative estimate of drug-likeness (QED) is 0.647. The first-order valence-electron chi connectivity index (χ1n) is 6.93. The van der Waals surface area contributed by atoms with Gasteiger partial charge in [-0.05, 0) is 25.7 Å². The average Bonchev–Trinajstić information content (AvgIpc) is 2.36. The molecule has 18 heavy (non-hydrogen) atoms. The first-order valence-corrected chi connectivity index (χ1v) is 6.93. The summed E-state index contributed by atoms with van der Waals surface area (Å²) in [5, 5.41) is 5.61. The molecule has 0 heterocycles. The van der Waals surface area contributed by atoms with Crippen molar-refractivity contribution in [2.24, 2.45) is 11.7 Å². The molecule has 0 radical (unpaired) electrons. The highest BCUT2D eigenvalue weighted by molar-refractivity contribution is 5.80. The molecule has 104 valence electrons. The van der Waals surface area contributed by atoms with Gasteiger partial charge in [0.05, 0.1) is 0 Å². The number of hydrogen-bond donors (Lipinski definition) is 3. The second-order valence-electron chi connectivity index (χ2n) is 5.01. The molecule has 0 aromatic rings. The summed E-state index contributed by atoms with van der Waals surface area (Å²) < 4.78 is 0. The van der Waals surface area contributed by atoms with Gasteiger partial charge in [0.25, 0.3) is 0 Å². The Morgan fingerprint density at radius 1 is 1.22 bits per heavy atom. The molecular formula is C13H25N3O2. The fourth-order valence-electron chi connectivity index (χ4n) is 2.26. The Hall–Kier alpha value is -1.10. The first kappa shape index (κ1) is 15.0. The highest BCUT2D eigenvalue weighted by atomic mass is 16.2. The summed E-state index contributed by atoms with van der Waals surface area (Å²) in [5.41, 5.74) is 5.85. The fraction of sp³-hybridized carbons (Fsp3) is 0.846. The lowest BCUT2D eigenvalue weighted by molar-refractivity contribution is -0.126. The number of carbonyl (C=O) groups is 2. The van der Waals surface area contributed by atoms with E-state index in [1.807, 2.05) is 6.92 Å². The molecule has 0 aromatic heterocycles. The molecule has 1 saturated carbocycles. The van der Waals surface area contributed by atoms with Crippen molar-refractivity contribution < 1.29 is 9.59 Å². The third kappa shape index (κ3) is 5.49. The highest BCUT2D eigenvalue weighted by Gasteiger charge is 2.24. The van der Waals surface area contributed by atoms with E-state index in [2.05, 4.69) is 10.6 Å². The molecule has 1 aliphatic rings. The summed E-state index contributed by atoms with van der Waals surface area (Å²) in [6.45, 7) is 3.12. The summed E-state index contributed by atoms with van der Waals surface area (Å²) in [6.07, 6.45) is 5.01. The maximum absolute atomic E-state index is 11.8. The third-order valence-corrected chi connectivity index (χ3v) is 3.31. The lowest BCUT2D eigenvalue weighted by atomic mass is 9.85. The van der Waals surface area contributed by atoms with Crippen LogP contribution in [0.15, 0.2) is 0 Å². The van der Waals surface area contributed by atoms with Crippen molar-refractivity contribution in [2.75, 3.05) is 13.1 Å². The van der Waals surface area contributed by atoms with Crippen LogP contribution in [-0.2, 0) is 9.59 Å². The minimum Gasteiger partial charge on any atom is -0.356 e.